The normalized spacial score (nSPS) is 20.1. The molecule has 0 nitrogen and oxygen atoms in total. The van der Waals surface area contributed by atoms with E-state index in [2.05, 4.69) is 80.8 Å². The van der Waals surface area contributed by atoms with Gasteiger partial charge in [0.15, 0.2) is 0 Å². The van der Waals surface area contributed by atoms with Gasteiger partial charge in [-0.05, 0) is 46.9 Å². The minimum Gasteiger partial charge on any atom is -0.144 e. The first-order chi connectivity index (χ1) is 11.1. The smallest absolute Gasteiger partial charge is 0.0339 e. The van der Waals surface area contributed by atoms with Crippen molar-refractivity contribution >= 4 is 23.0 Å². The first-order valence-electron chi connectivity index (χ1n) is 8.29. The summed E-state index contributed by atoms with van der Waals surface area (Å²) < 4.78 is 0. The van der Waals surface area contributed by atoms with E-state index in [-0.39, 0.29) is 5.41 Å². The van der Waals surface area contributed by atoms with Crippen LogP contribution in [0.5, 0.6) is 0 Å². The summed E-state index contributed by atoms with van der Waals surface area (Å²) in [5, 5.41) is 2.16. The molecule has 0 radical (unpaired) electrons. The molecule has 1 unspecified atom stereocenters. The van der Waals surface area contributed by atoms with Crippen molar-refractivity contribution in [2.45, 2.75) is 33.1 Å². The summed E-state index contributed by atoms with van der Waals surface area (Å²) in [4.78, 5) is 1.38. The fraction of sp³-hybridized carbons (Fsp3) is 0.273. The molecule has 0 saturated heterocycles. The number of hydrogen-bond acceptors (Lipinski definition) is 1. The lowest BCUT2D eigenvalue weighted by Crippen LogP contribution is -2.24. The van der Waals surface area contributed by atoms with Gasteiger partial charge in [-0.25, -0.2) is 0 Å². The minimum atomic E-state index is 0.142. The second-order valence-corrected chi connectivity index (χ2v) is 8.13. The molecular formula is C22H22S. The van der Waals surface area contributed by atoms with E-state index in [4.69, 9.17) is 0 Å². The summed E-state index contributed by atoms with van der Waals surface area (Å²) in [7, 11) is 0. The number of allylic oxidation sites excluding steroid dienone is 5. The van der Waals surface area contributed by atoms with Gasteiger partial charge < -0.3 is 0 Å². The SMILES string of the molecule is CC1=Cc2ccccc2C1C(C)(C)C1=CC(c2cccs2)=CC1. The third-order valence-corrected chi connectivity index (χ3v) is 6.29. The van der Waals surface area contributed by atoms with E-state index in [0.29, 0.717) is 5.92 Å². The monoisotopic (exact) mass is 318 g/mol. The van der Waals surface area contributed by atoms with Crippen molar-refractivity contribution in [3.05, 3.63) is 81.1 Å². The molecule has 0 fully saturated rings. The molecule has 4 rings (SSSR count). The zero-order valence-electron chi connectivity index (χ0n) is 14.0. The van der Waals surface area contributed by atoms with Gasteiger partial charge in [0, 0.05) is 10.8 Å². The van der Waals surface area contributed by atoms with E-state index in [9.17, 15) is 0 Å². The molecule has 0 bridgehead atoms. The van der Waals surface area contributed by atoms with Crippen LogP contribution in [0.25, 0.3) is 11.6 Å². The highest BCUT2D eigenvalue weighted by Crippen LogP contribution is 2.53. The van der Waals surface area contributed by atoms with Crippen LogP contribution in [-0.2, 0) is 0 Å². The van der Waals surface area contributed by atoms with E-state index in [1.165, 1.54) is 27.2 Å². The molecule has 1 atom stereocenters. The van der Waals surface area contributed by atoms with Crippen molar-refractivity contribution in [3.63, 3.8) is 0 Å². The number of hydrogen-bond donors (Lipinski definition) is 0. The van der Waals surface area contributed by atoms with Crippen molar-refractivity contribution in [3.8, 4) is 0 Å². The van der Waals surface area contributed by atoms with Crippen LogP contribution in [0.2, 0.25) is 0 Å². The van der Waals surface area contributed by atoms with E-state index < -0.39 is 0 Å². The summed E-state index contributed by atoms with van der Waals surface area (Å²) in [6.45, 7) is 7.11. The molecule has 0 aliphatic heterocycles. The van der Waals surface area contributed by atoms with Gasteiger partial charge in [-0.2, -0.15) is 0 Å². The summed E-state index contributed by atoms with van der Waals surface area (Å²) >= 11 is 1.83. The third-order valence-electron chi connectivity index (χ3n) is 5.37. The molecule has 0 N–H and O–H groups in total. The summed E-state index contributed by atoms with van der Waals surface area (Å²) in [6.07, 6.45) is 8.26. The average molecular weight is 318 g/mol. The largest absolute Gasteiger partial charge is 0.144 e. The minimum absolute atomic E-state index is 0.142. The molecule has 2 aliphatic carbocycles. The first-order valence-corrected chi connectivity index (χ1v) is 9.17. The number of rotatable bonds is 3. The standard InChI is InChI=1S/C22H22S/c1-15-13-16-7-4-5-8-19(16)21(15)22(2,3)18-11-10-17(14-18)20-9-6-12-23-20/h4-10,12-14,21H,11H2,1-3H3. The highest BCUT2D eigenvalue weighted by Gasteiger charge is 2.39. The van der Waals surface area contributed by atoms with Crippen LogP contribution in [0, 0.1) is 5.41 Å². The molecule has 2 aliphatic rings. The molecule has 116 valence electrons. The van der Waals surface area contributed by atoms with Crippen LogP contribution in [-0.4, -0.2) is 0 Å². The topological polar surface area (TPSA) is 0 Å². The van der Waals surface area contributed by atoms with Gasteiger partial charge >= 0.3 is 0 Å². The zero-order valence-corrected chi connectivity index (χ0v) is 14.8. The predicted octanol–water partition coefficient (Wildman–Crippen LogP) is 6.69. The Morgan fingerprint density at radius 1 is 1.04 bits per heavy atom. The van der Waals surface area contributed by atoms with Crippen molar-refractivity contribution in [2.24, 2.45) is 5.41 Å². The Kier molecular flexibility index (Phi) is 3.42. The lowest BCUT2D eigenvalue weighted by Gasteiger charge is -2.35. The quantitative estimate of drug-likeness (QED) is 0.591. The Labute approximate surface area is 142 Å². The summed E-state index contributed by atoms with van der Waals surface area (Å²) in [5.41, 5.74) is 7.46. The average Bonchev–Trinajstić information content (AvgIpc) is 3.25. The molecule has 1 aromatic heterocycles. The molecule has 2 aromatic rings. The molecule has 1 heterocycles. The summed E-state index contributed by atoms with van der Waals surface area (Å²) in [5.74, 6) is 0.487. The second-order valence-electron chi connectivity index (χ2n) is 7.18. The van der Waals surface area contributed by atoms with Gasteiger partial charge in [0.05, 0.1) is 0 Å². The van der Waals surface area contributed by atoms with Crippen LogP contribution < -0.4 is 0 Å². The van der Waals surface area contributed by atoms with E-state index >= 15 is 0 Å². The maximum Gasteiger partial charge on any atom is 0.0339 e. The fourth-order valence-electron chi connectivity index (χ4n) is 4.21. The van der Waals surface area contributed by atoms with E-state index in [0.717, 1.165) is 6.42 Å². The Balaban J connectivity index is 1.70. The highest BCUT2D eigenvalue weighted by atomic mass is 32.1. The van der Waals surface area contributed by atoms with Crippen molar-refractivity contribution in [2.75, 3.05) is 0 Å². The zero-order chi connectivity index (χ0) is 16.0. The van der Waals surface area contributed by atoms with Crippen LogP contribution in [0.3, 0.4) is 0 Å². The van der Waals surface area contributed by atoms with Crippen LogP contribution in [0.4, 0.5) is 0 Å². The fourth-order valence-corrected chi connectivity index (χ4v) is 4.95. The molecule has 1 heteroatoms. The molecule has 0 spiro atoms. The highest BCUT2D eigenvalue weighted by molar-refractivity contribution is 7.11. The lowest BCUT2D eigenvalue weighted by molar-refractivity contribution is 0.383. The van der Waals surface area contributed by atoms with Crippen LogP contribution in [0.1, 0.15) is 49.1 Å². The van der Waals surface area contributed by atoms with Gasteiger partial charge in [0.25, 0.3) is 0 Å². The molecule has 23 heavy (non-hydrogen) atoms. The van der Waals surface area contributed by atoms with Gasteiger partial charge in [-0.1, -0.05) is 73.6 Å². The molecule has 0 saturated carbocycles. The van der Waals surface area contributed by atoms with Gasteiger partial charge in [-0.15, -0.1) is 11.3 Å². The van der Waals surface area contributed by atoms with Crippen molar-refractivity contribution in [1.29, 1.82) is 0 Å². The Morgan fingerprint density at radius 2 is 1.87 bits per heavy atom. The van der Waals surface area contributed by atoms with Gasteiger partial charge in [0.1, 0.15) is 0 Å². The number of benzene rings is 1. The Bertz CT molecular complexity index is 829. The Morgan fingerprint density at radius 3 is 2.65 bits per heavy atom. The van der Waals surface area contributed by atoms with Crippen molar-refractivity contribution in [1.82, 2.24) is 0 Å². The maximum atomic E-state index is 2.43. The van der Waals surface area contributed by atoms with Gasteiger partial charge in [0.2, 0.25) is 0 Å². The number of fused-ring (bicyclic) bond motifs is 1. The van der Waals surface area contributed by atoms with Crippen LogP contribution >= 0.6 is 11.3 Å². The molecular weight excluding hydrogens is 296 g/mol. The first kappa shape index (κ1) is 14.7. The van der Waals surface area contributed by atoms with E-state index in [1.54, 1.807) is 5.57 Å². The third kappa shape index (κ3) is 2.35. The molecule has 1 aromatic carbocycles. The van der Waals surface area contributed by atoms with Gasteiger partial charge in [-0.3, -0.25) is 0 Å². The van der Waals surface area contributed by atoms with Crippen molar-refractivity contribution < 1.29 is 0 Å². The van der Waals surface area contributed by atoms with Crippen LogP contribution in [0.15, 0.2) is 65.1 Å². The summed E-state index contributed by atoms with van der Waals surface area (Å²) in [6, 6.07) is 13.2. The molecule has 0 amide bonds. The second kappa shape index (κ2) is 5.35. The lowest BCUT2D eigenvalue weighted by atomic mass is 9.68. The van der Waals surface area contributed by atoms with E-state index in [1.807, 2.05) is 11.3 Å². The Hall–Kier alpha value is -1.86. The number of thiophene rings is 1. The maximum absolute atomic E-state index is 2.43. The predicted molar refractivity (Wildman–Crippen MR) is 102 cm³/mol.